The summed E-state index contributed by atoms with van der Waals surface area (Å²) in [5, 5.41) is 0. The maximum Gasteiger partial charge on any atom is 0.217 e. The fourth-order valence-electron chi connectivity index (χ4n) is 3.42. The molecule has 0 aromatic heterocycles. The fraction of sp³-hybridized carbons (Fsp3) is 0.786. The van der Waals surface area contributed by atoms with Crippen molar-refractivity contribution < 1.29 is 16.8 Å². The normalized spacial score (nSPS) is 15.2. The third-order valence-corrected chi connectivity index (χ3v) is 10.6. The predicted octanol–water partition coefficient (Wildman–Crippen LogP) is 6.77. The molecule has 2 atom stereocenters. The summed E-state index contributed by atoms with van der Waals surface area (Å²) in [5.74, 6) is 0. The van der Waals surface area contributed by atoms with Gasteiger partial charge in [0.15, 0.2) is 0 Å². The molecule has 0 aliphatic rings. The summed E-state index contributed by atoms with van der Waals surface area (Å²) >= 11 is 0. The van der Waals surface area contributed by atoms with E-state index in [1.165, 1.54) is 0 Å². The summed E-state index contributed by atoms with van der Waals surface area (Å²) in [6.45, 7) is 17.6. The number of unbranched alkanes of at least 4 members (excludes halogenated alkanes) is 8. The highest BCUT2D eigenvalue weighted by Crippen LogP contribution is 2.19. The van der Waals surface area contributed by atoms with Crippen LogP contribution in [-0.2, 0) is 20.0 Å². The summed E-state index contributed by atoms with van der Waals surface area (Å²) in [6, 6.07) is -0.772. The lowest BCUT2D eigenvalue weighted by molar-refractivity contribution is 0.508. The van der Waals surface area contributed by atoms with E-state index in [2.05, 4.69) is 22.6 Å². The number of hydrogen-bond acceptors (Lipinski definition) is 4. The average Bonchev–Trinajstić information content (AvgIpc) is 2.74. The van der Waals surface area contributed by atoms with Crippen LogP contribution in [0.3, 0.4) is 0 Å². The Bertz CT molecular complexity index is 792. The Morgan fingerprint density at radius 3 is 1.17 bits per heavy atom. The van der Waals surface area contributed by atoms with Gasteiger partial charge in [0, 0.05) is 12.1 Å². The highest BCUT2D eigenvalue weighted by Gasteiger charge is 2.32. The van der Waals surface area contributed by atoms with Crippen molar-refractivity contribution in [2.75, 3.05) is 0 Å². The third kappa shape index (κ3) is 14.7. The van der Waals surface area contributed by atoms with Crippen LogP contribution in [0, 0.1) is 0 Å². The first-order chi connectivity index (χ1) is 16.6. The smallest absolute Gasteiger partial charge is 0.212 e. The Morgan fingerprint density at radius 1 is 0.583 bits per heavy atom. The number of hydrogen-bond donors (Lipinski definition) is 2. The van der Waals surface area contributed by atoms with Gasteiger partial charge in [0.2, 0.25) is 20.0 Å². The van der Waals surface area contributed by atoms with E-state index < -0.39 is 29.5 Å². The minimum Gasteiger partial charge on any atom is -0.212 e. The molecule has 0 saturated heterocycles. The van der Waals surface area contributed by atoms with Crippen molar-refractivity contribution in [2.45, 2.75) is 140 Å². The Morgan fingerprint density at radius 2 is 0.889 bits per heavy atom. The first-order valence-corrected chi connectivity index (χ1v) is 16.5. The van der Waals surface area contributed by atoms with E-state index in [0.717, 1.165) is 64.2 Å². The van der Waals surface area contributed by atoms with Crippen LogP contribution in [-0.4, -0.2) is 38.4 Å². The molecular weight excluding hydrogens is 492 g/mol. The minimum absolute atomic E-state index is 0.386. The topological polar surface area (TPSA) is 92.3 Å². The number of nitrogens with one attached hydrogen (secondary N) is 2. The molecule has 0 rings (SSSR count). The molecule has 212 valence electrons. The maximum absolute atomic E-state index is 12.9. The molecule has 0 radical (unpaired) electrons. The van der Waals surface area contributed by atoms with Gasteiger partial charge < -0.3 is 0 Å². The van der Waals surface area contributed by atoms with Crippen LogP contribution in [0.25, 0.3) is 0 Å². The van der Waals surface area contributed by atoms with Crippen molar-refractivity contribution in [1.29, 1.82) is 0 Å². The molecule has 0 heterocycles. The van der Waals surface area contributed by atoms with Crippen molar-refractivity contribution in [2.24, 2.45) is 0 Å². The standard InChI is InChI=1S/C28H54N2O4S2/c1-9-11-13-15-17-19-21-25(29-35(31,32)27(3,4)5)23-24-26(22-20-18-16-14-12-10-2)30-36(33,34)28(6,7)8/h9-10,23-26,29-30H,1-2,11-22H2,3-8H3/b24-23+/t25-,26-/m1/s1. The highest BCUT2D eigenvalue weighted by atomic mass is 32.2. The Kier molecular flexibility index (Phi) is 16.3. The lowest BCUT2D eigenvalue weighted by Gasteiger charge is -2.26. The third-order valence-electron chi connectivity index (χ3n) is 6.15. The summed E-state index contributed by atoms with van der Waals surface area (Å²) < 4.78 is 55.3. The Hall–Kier alpha value is -0.960. The van der Waals surface area contributed by atoms with Gasteiger partial charge >= 0.3 is 0 Å². The van der Waals surface area contributed by atoms with E-state index in [9.17, 15) is 16.8 Å². The van der Waals surface area contributed by atoms with Gasteiger partial charge in [-0.25, -0.2) is 26.3 Å². The monoisotopic (exact) mass is 546 g/mol. The molecule has 8 heteroatoms. The summed E-state index contributed by atoms with van der Waals surface area (Å²) in [6.07, 6.45) is 19.0. The van der Waals surface area contributed by atoms with Crippen LogP contribution < -0.4 is 9.44 Å². The van der Waals surface area contributed by atoms with Crippen LogP contribution in [0.1, 0.15) is 119 Å². The summed E-state index contributed by atoms with van der Waals surface area (Å²) in [5.41, 5.74) is 0. The molecule has 0 aromatic rings. The lowest BCUT2D eigenvalue weighted by atomic mass is 10.0. The Labute approximate surface area is 223 Å². The van der Waals surface area contributed by atoms with E-state index in [1.807, 2.05) is 24.3 Å². The fourth-order valence-corrected chi connectivity index (χ4v) is 5.32. The van der Waals surface area contributed by atoms with Gasteiger partial charge in [-0.1, -0.05) is 62.8 Å². The van der Waals surface area contributed by atoms with Crippen LogP contribution >= 0.6 is 0 Å². The van der Waals surface area contributed by atoms with Gasteiger partial charge in [-0.3, -0.25) is 0 Å². The van der Waals surface area contributed by atoms with Gasteiger partial charge in [-0.15, -0.1) is 13.2 Å². The zero-order valence-corrected chi connectivity index (χ0v) is 25.4. The second-order valence-corrected chi connectivity index (χ2v) is 16.6. The molecule has 0 amide bonds. The molecule has 0 aliphatic heterocycles. The second kappa shape index (κ2) is 16.8. The van der Waals surface area contributed by atoms with Gasteiger partial charge in [0.25, 0.3) is 0 Å². The van der Waals surface area contributed by atoms with Crippen molar-refractivity contribution in [3.05, 3.63) is 37.5 Å². The van der Waals surface area contributed by atoms with Crippen LogP contribution in [0.4, 0.5) is 0 Å². The average molecular weight is 547 g/mol. The molecule has 0 unspecified atom stereocenters. The van der Waals surface area contributed by atoms with Crippen LogP contribution in [0.2, 0.25) is 0 Å². The number of allylic oxidation sites excluding steroid dienone is 2. The zero-order valence-electron chi connectivity index (χ0n) is 23.8. The zero-order chi connectivity index (χ0) is 27.9. The first-order valence-electron chi connectivity index (χ1n) is 13.5. The molecule has 0 bridgehead atoms. The predicted molar refractivity (Wildman–Crippen MR) is 156 cm³/mol. The van der Waals surface area contributed by atoms with Crippen molar-refractivity contribution in [1.82, 2.24) is 9.44 Å². The molecule has 0 aliphatic carbocycles. The minimum atomic E-state index is -3.55. The number of sulfonamides is 2. The molecule has 0 aromatic carbocycles. The van der Waals surface area contributed by atoms with E-state index in [-0.39, 0.29) is 12.1 Å². The molecule has 6 nitrogen and oxygen atoms in total. The van der Waals surface area contributed by atoms with Crippen LogP contribution in [0.5, 0.6) is 0 Å². The maximum atomic E-state index is 12.9. The van der Waals surface area contributed by atoms with Crippen molar-refractivity contribution in [3.8, 4) is 0 Å². The van der Waals surface area contributed by atoms with Gasteiger partial charge in [-0.05, 0) is 80.1 Å². The molecular formula is C28H54N2O4S2. The second-order valence-electron chi connectivity index (χ2n) is 11.6. The summed E-state index contributed by atoms with van der Waals surface area (Å²) in [4.78, 5) is 0. The van der Waals surface area contributed by atoms with Gasteiger partial charge in [0.05, 0.1) is 9.49 Å². The largest absolute Gasteiger partial charge is 0.217 e. The molecule has 2 N–H and O–H groups in total. The highest BCUT2D eigenvalue weighted by molar-refractivity contribution is 7.91. The van der Waals surface area contributed by atoms with E-state index in [4.69, 9.17) is 0 Å². The van der Waals surface area contributed by atoms with Gasteiger partial charge in [0.1, 0.15) is 0 Å². The van der Waals surface area contributed by atoms with E-state index in [1.54, 1.807) is 41.5 Å². The molecule has 0 spiro atoms. The SMILES string of the molecule is C=CCCCCCC[C@H](/C=C/[C@@H](CCCCCCC=C)NS(=O)(=O)C(C)(C)C)NS(=O)(=O)C(C)(C)C. The first kappa shape index (κ1) is 35.0. The van der Waals surface area contributed by atoms with E-state index in [0.29, 0.717) is 12.8 Å². The molecule has 0 saturated carbocycles. The molecule has 0 fully saturated rings. The van der Waals surface area contributed by atoms with Gasteiger partial charge in [-0.2, -0.15) is 0 Å². The summed E-state index contributed by atoms with van der Waals surface area (Å²) in [7, 11) is -7.09. The lowest BCUT2D eigenvalue weighted by Crippen LogP contribution is -2.45. The number of rotatable bonds is 20. The van der Waals surface area contributed by atoms with Crippen LogP contribution in [0.15, 0.2) is 37.5 Å². The van der Waals surface area contributed by atoms with Crippen molar-refractivity contribution >= 4 is 20.0 Å². The quantitative estimate of drug-likeness (QED) is 0.130. The van der Waals surface area contributed by atoms with E-state index >= 15 is 0 Å². The van der Waals surface area contributed by atoms with Crippen molar-refractivity contribution in [3.63, 3.8) is 0 Å². The Balaban J connectivity index is 5.55. The molecule has 36 heavy (non-hydrogen) atoms.